The van der Waals surface area contributed by atoms with Gasteiger partial charge in [0.15, 0.2) is 0 Å². The van der Waals surface area contributed by atoms with Crippen LogP contribution in [0.5, 0.6) is 0 Å². The molecule has 1 unspecified atom stereocenters. The molecule has 1 fully saturated rings. The highest BCUT2D eigenvalue weighted by Crippen LogP contribution is 2.51. The summed E-state index contributed by atoms with van der Waals surface area (Å²) in [6, 6.07) is 4.60. The van der Waals surface area contributed by atoms with E-state index in [-0.39, 0.29) is 11.2 Å². The van der Waals surface area contributed by atoms with Gasteiger partial charge in [-0.05, 0) is 61.3 Å². The largest absolute Gasteiger partial charge is 0.388 e. The highest BCUT2D eigenvalue weighted by molar-refractivity contribution is 5.30. The Hall–Kier alpha value is -0.930. The van der Waals surface area contributed by atoms with Crippen molar-refractivity contribution >= 4 is 0 Å². The minimum Gasteiger partial charge on any atom is -0.388 e. The molecule has 3 heteroatoms. The topological polar surface area (TPSA) is 46.2 Å². The van der Waals surface area contributed by atoms with E-state index in [1.54, 1.807) is 6.07 Å². The molecule has 0 saturated heterocycles. The van der Waals surface area contributed by atoms with Crippen LogP contribution < -0.4 is 5.73 Å². The summed E-state index contributed by atoms with van der Waals surface area (Å²) in [5.41, 5.74) is 7.69. The Morgan fingerprint density at radius 3 is 2.35 bits per heavy atom. The average molecular weight is 279 g/mol. The Morgan fingerprint density at radius 2 is 1.85 bits per heavy atom. The third-order valence-electron chi connectivity index (χ3n) is 5.11. The van der Waals surface area contributed by atoms with Gasteiger partial charge in [0.05, 0.1) is 6.10 Å². The van der Waals surface area contributed by atoms with Crippen molar-refractivity contribution in [1.29, 1.82) is 0 Å². The van der Waals surface area contributed by atoms with Gasteiger partial charge < -0.3 is 10.8 Å². The van der Waals surface area contributed by atoms with Crippen molar-refractivity contribution in [1.82, 2.24) is 0 Å². The monoisotopic (exact) mass is 279 g/mol. The van der Waals surface area contributed by atoms with Crippen LogP contribution in [0.3, 0.4) is 0 Å². The number of aryl methyl sites for hydroxylation is 1. The van der Waals surface area contributed by atoms with Crippen LogP contribution in [-0.4, -0.2) is 11.7 Å². The van der Waals surface area contributed by atoms with E-state index in [2.05, 4.69) is 13.8 Å². The maximum absolute atomic E-state index is 13.2. The van der Waals surface area contributed by atoms with Crippen molar-refractivity contribution in [2.24, 2.45) is 16.6 Å². The molecule has 0 amide bonds. The van der Waals surface area contributed by atoms with Crippen molar-refractivity contribution in [2.45, 2.75) is 52.6 Å². The number of rotatable bonds is 3. The van der Waals surface area contributed by atoms with Crippen molar-refractivity contribution in [3.8, 4) is 0 Å². The molecule has 3 N–H and O–H groups in total. The van der Waals surface area contributed by atoms with Crippen LogP contribution in [0.4, 0.5) is 4.39 Å². The number of benzene rings is 1. The predicted octanol–water partition coefficient (Wildman–Crippen LogP) is 3.71. The lowest BCUT2D eigenvalue weighted by atomic mass is 9.61. The summed E-state index contributed by atoms with van der Waals surface area (Å²) in [5, 5.41) is 10.8. The molecule has 1 saturated carbocycles. The van der Waals surface area contributed by atoms with Gasteiger partial charge in [0.25, 0.3) is 0 Å². The molecule has 1 atom stereocenters. The van der Waals surface area contributed by atoms with E-state index < -0.39 is 6.10 Å². The van der Waals surface area contributed by atoms with Crippen LogP contribution in [0.25, 0.3) is 0 Å². The van der Waals surface area contributed by atoms with Gasteiger partial charge in [-0.2, -0.15) is 0 Å². The Bertz CT molecular complexity index is 474. The SMILES string of the molecule is Cc1cc(F)ccc1C(O)C1(CN)CCC(C)(C)CC1. The smallest absolute Gasteiger partial charge is 0.123 e. The fraction of sp³-hybridized carbons (Fsp3) is 0.647. The van der Waals surface area contributed by atoms with E-state index in [0.717, 1.165) is 36.8 Å². The first-order valence-electron chi connectivity index (χ1n) is 7.44. The molecule has 1 aliphatic rings. The van der Waals surface area contributed by atoms with E-state index >= 15 is 0 Å². The molecule has 20 heavy (non-hydrogen) atoms. The Kier molecular flexibility index (Phi) is 4.22. The molecular formula is C17H26FNO. The van der Waals surface area contributed by atoms with Crippen LogP contribution in [0.2, 0.25) is 0 Å². The molecule has 0 bridgehead atoms. The fourth-order valence-corrected chi connectivity index (χ4v) is 3.29. The van der Waals surface area contributed by atoms with Crippen molar-refractivity contribution in [3.05, 3.63) is 35.1 Å². The molecule has 1 aliphatic carbocycles. The van der Waals surface area contributed by atoms with Crippen molar-refractivity contribution in [2.75, 3.05) is 6.54 Å². The van der Waals surface area contributed by atoms with Gasteiger partial charge in [0.2, 0.25) is 0 Å². The average Bonchev–Trinajstić information content (AvgIpc) is 2.39. The summed E-state index contributed by atoms with van der Waals surface area (Å²) in [6.45, 7) is 6.85. The zero-order chi connectivity index (χ0) is 15.0. The molecule has 1 aromatic rings. The number of aliphatic hydroxyl groups excluding tert-OH is 1. The van der Waals surface area contributed by atoms with Crippen molar-refractivity contribution in [3.63, 3.8) is 0 Å². The van der Waals surface area contributed by atoms with Crippen LogP contribution in [-0.2, 0) is 0 Å². The minimum atomic E-state index is -0.607. The van der Waals surface area contributed by atoms with Gasteiger partial charge in [-0.25, -0.2) is 4.39 Å². The summed E-state index contributed by atoms with van der Waals surface area (Å²) in [5.74, 6) is -0.259. The molecule has 0 heterocycles. The lowest BCUT2D eigenvalue weighted by Crippen LogP contribution is -2.42. The number of halogens is 1. The molecule has 2 rings (SSSR count). The molecule has 0 aliphatic heterocycles. The quantitative estimate of drug-likeness (QED) is 0.886. The molecule has 1 aromatic carbocycles. The first kappa shape index (κ1) is 15.5. The maximum atomic E-state index is 13.2. The molecule has 0 radical (unpaired) electrons. The van der Waals surface area contributed by atoms with E-state index in [1.165, 1.54) is 12.1 Å². The van der Waals surface area contributed by atoms with E-state index in [4.69, 9.17) is 5.73 Å². The minimum absolute atomic E-state index is 0.259. The van der Waals surface area contributed by atoms with Crippen LogP contribution >= 0.6 is 0 Å². The normalized spacial score (nSPS) is 22.5. The van der Waals surface area contributed by atoms with E-state index in [1.807, 2.05) is 6.92 Å². The fourth-order valence-electron chi connectivity index (χ4n) is 3.29. The highest BCUT2D eigenvalue weighted by atomic mass is 19.1. The third-order valence-corrected chi connectivity index (χ3v) is 5.11. The van der Waals surface area contributed by atoms with E-state index in [0.29, 0.717) is 12.0 Å². The number of hydrogen-bond acceptors (Lipinski definition) is 2. The number of hydrogen-bond donors (Lipinski definition) is 2. The van der Waals surface area contributed by atoms with Crippen LogP contribution in [0.15, 0.2) is 18.2 Å². The summed E-state index contributed by atoms with van der Waals surface area (Å²) in [6.07, 6.45) is 3.38. The second kappa shape index (κ2) is 5.45. The zero-order valence-corrected chi connectivity index (χ0v) is 12.7. The van der Waals surface area contributed by atoms with Gasteiger partial charge >= 0.3 is 0 Å². The molecule has 112 valence electrons. The molecular weight excluding hydrogens is 253 g/mol. The Labute approximate surface area is 121 Å². The van der Waals surface area contributed by atoms with Gasteiger partial charge in [0.1, 0.15) is 5.82 Å². The zero-order valence-electron chi connectivity index (χ0n) is 12.7. The molecule has 0 aromatic heterocycles. The maximum Gasteiger partial charge on any atom is 0.123 e. The van der Waals surface area contributed by atoms with Crippen molar-refractivity contribution < 1.29 is 9.50 Å². The first-order valence-corrected chi connectivity index (χ1v) is 7.44. The number of nitrogens with two attached hydrogens (primary N) is 1. The van der Waals surface area contributed by atoms with Crippen LogP contribution in [0, 0.1) is 23.6 Å². The lowest BCUT2D eigenvalue weighted by molar-refractivity contribution is -0.0239. The second-order valence-electron chi connectivity index (χ2n) is 7.13. The first-order chi connectivity index (χ1) is 9.30. The lowest BCUT2D eigenvalue weighted by Gasteiger charge is -2.46. The van der Waals surface area contributed by atoms with Crippen LogP contribution in [0.1, 0.15) is 56.8 Å². The van der Waals surface area contributed by atoms with Gasteiger partial charge in [-0.3, -0.25) is 0 Å². The van der Waals surface area contributed by atoms with Gasteiger partial charge in [-0.15, -0.1) is 0 Å². The standard InChI is InChI=1S/C17H26FNO/c1-12-10-13(18)4-5-14(12)15(20)17(11-19)8-6-16(2,3)7-9-17/h4-5,10,15,20H,6-9,11,19H2,1-3H3. The van der Waals surface area contributed by atoms with Gasteiger partial charge in [0, 0.05) is 12.0 Å². The Balaban J connectivity index is 2.27. The molecule has 0 spiro atoms. The summed E-state index contributed by atoms with van der Waals surface area (Å²) in [7, 11) is 0. The molecule has 2 nitrogen and oxygen atoms in total. The second-order valence-corrected chi connectivity index (χ2v) is 7.13. The summed E-state index contributed by atoms with van der Waals surface area (Å²) in [4.78, 5) is 0. The Morgan fingerprint density at radius 1 is 1.25 bits per heavy atom. The summed E-state index contributed by atoms with van der Waals surface area (Å²) >= 11 is 0. The highest BCUT2D eigenvalue weighted by Gasteiger charge is 2.43. The summed E-state index contributed by atoms with van der Waals surface area (Å²) < 4.78 is 13.2. The van der Waals surface area contributed by atoms with E-state index in [9.17, 15) is 9.50 Å². The van der Waals surface area contributed by atoms with Gasteiger partial charge in [-0.1, -0.05) is 19.9 Å². The number of aliphatic hydroxyl groups is 1. The predicted molar refractivity (Wildman–Crippen MR) is 79.8 cm³/mol. The third kappa shape index (κ3) is 2.89.